The van der Waals surface area contributed by atoms with E-state index in [1.807, 2.05) is 0 Å². The van der Waals surface area contributed by atoms with Crippen molar-refractivity contribution in [1.82, 2.24) is 4.72 Å². The molecule has 2 rings (SSSR count). The highest BCUT2D eigenvalue weighted by molar-refractivity contribution is 7.89. The van der Waals surface area contributed by atoms with Gasteiger partial charge in [-0.25, -0.2) is 13.1 Å². The second-order valence-electron chi connectivity index (χ2n) is 5.20. The summed E-state index contributed by atoms with van der Waals surface area (Å²) in [7, 11) is -0.863. The summed E-state index contributed by atoms with van der Waals surface area (Å²) in [6.07, 6.45) is 0. The summed E-state index contributed by atoms with van der Waals surface area (Å²) in [6.45, 7) is 1.67. The molecule has 0 spiro atoms. The van der Waals surface area contributed by atoms with E-state index in [1.54, 1.807) is 25.1 Å². The van der Waals surface area contributed by atoms with Gasteiger partial charge in [-0.1, -0.05) is 0 Å². The lowest BCUT2D eigenvalue weighted by Gasteiger charge is -2.18. The molecule has 8 nitrogen and oxygen atoms in total. The number of nitrogens with zero attached hydrogens (tertiary/aromatic N) is 1. The third-order valence-corrected chi connectivity index (χ3v) is 5.15. The van der Waals surface area contributed by atoms with Crippen molar-refractivity contribution in [2.24, 2.45) is 0 Å². The molecule has 0 aliphatic rings. The molecule has 134 valence electrons. The highest BCUT2D eigenvalue weighted by Gasteiger charge is 2.22. The van der Waals surface area contributed by atoms with E-state index >= 15 is 0 Å². The lowest BCUT2D eigenvalue weighted by atomic mass is 10.1. The predicted octanol–water partition coefficient (Wildman–Crippen LogP) is 2.65. The van der Waals surface area contributed by atoms with E-state index in [0.717, 1.165) is 12.1 Å². The number of ether oxygens (including phenoxy) is 2. The van der Waals surface area contributed by atoms with Crippen LogP contribution in [0, 0.1) is 10.1 Å². The fraction of sp³-hybridized carbons (Fsp3) is 0.250. The maximum atomic E-state index is 12.5. The van der Waals surface area contributed by atoms with Gasteiger partial charge in [-0.05, 0) is 37.3 Å². The van der Waals surface area contributed by atoms with E-state index < -0.39 is 21.0 Å². The standard InChI is InChI=1S/C16H18N2O6S/c1-11(15-10-13(23-2)6-9-16(15)24-3)17-25(21,22)14-7-4-12(5-8-14)18(19)20/h4-11,17H,1-3H3. The van der Waals surface area contributed by atoms with Crippen molar-refractivity contribution in [3.8, 4) is 11.5 Å². The van der Waals surface area contributed by atoms with Crippen molar-refractivity contribution in [2.75, 3.05) is 14.2 Å². The number of non-ortho nitro benzene ring substituents is 1. The van der Waals surface area contributed by atoms with Crippen LogP contribution in [0.3, 0.4) is 0 Å². The zero-order valence-corrected chi connectivity index (χ0v) is 14.7. The van der Waals surface area contributed by atoms with Crippen molar-refractivity contribution in [1.29, 1.82) is 0 Å². The average Bonchev–Trinajstić information content (AvgIpc) is 2.60. The molecule has 0 saturated heterocycles. The molecule has 0 bridgehead atoms. The first kappa shape index (κ1) is 18.7. The van der Waals surface area contributed by atoms with Gasteiger partial charge in [-0.2, -0.15) is 0 Å². The van der Waals surface area contributed by atoms with Gasteiger partial charge in [-0.3, -0.25) is 10.1 Å². The SMILES string of the molecule is COc1ccc(OC)c(C(C)NS(=O)(=O)c2ccc([N+](=O)[O-])cc2)c1. The number of nitrogens with one attached hydrogen (secondary N) is 1. The van der Waals surface area contributed by atoms with Gasteiger partial charge in [0, 0.05) is 23.7 Å². The molecular formula is C16H18N2O6S. The number of nitro benzene ring substituents is 1. The highest BCUT2D eigenvalue weighted by Crippen LogP contribution is 2.30. The van der Waals surface area contributed by atoms with Crippen LogP contribution in [0.2, 0.25) is 0 Å². The predicted molar refractivity (Wildman–Crippen MR) is 91.4 cm³/mol. The number of hydrogen-bond donors (Lipinski definition) is 1. The minimum Gasteiger partial charge on any atom is -0.497 e. The number of hydrogen-bond acceptors (Lipinski definition) is 6. The van der Waals surface area contributed by atoms with Gasteiger partial charge >= 0.3 is 0 Å². The van der Waals surface area contributed by atoms with Crippen LogP contribution in [0.25, 0.3) is 0 Å². The molecule has 1 atom stereocenters. The fourth-order valence-corrected chi connectivity index (χ4v) is 3.51. The lowest BCUT2D eigenvalue weighted by molar-refractivity contribution is -0.384. The molecule has 2 aromatic carbocycles. The maximum Gasteiger partial charge on any atom is 0.269 e. The maximum absolute atomic E-state index is 12.5. The van der Waals surface area contributed by atoms with Crippen LogP contribution in [0.1, 0.15) is 18.5 Å². The summed E-state index contributed by atoms with van der Waals surface area (Å²) >= 11 is 0. The van der Waals surface area contributed by atoms with E-state index in [0.29, 0.717) is 17.1 Å². The van der Waals surface area contributed by atoms with Gasteiger partial charge in [-0.15, -0.1) is 0 Å². The summed E-state index contributed by atoms with van der Waals surface area (Å²) in [5, 5.41) is 10.7. The van der Waals surface area contributed by atoms with Gasteiger partial charge in [0.2, 0.25) is 10.0 Å². The van der Waals surface area contributed by atoms with E-state index in [-0.39, 0.29) is 10.6 Å². The minimum atomic E-state index is -3.86. The first-order valence-corrected chi connectivity index (χ1v) is 8.75. The molecule has 2 aromatic rings. The molecular weight excluding hydrogens is 348 g/mol. The third kappa shape index (κ3) is 4.25. The second kappa shape index (κ2) is 7.49. The van der Waals surface area contributed by atoms with Gasteiger partial charge in [0.15, 0.2) is 0 Å². The van der Waals surface area contributed by atoms with Crippen LogP contribution >= 0.6 is 0 Å². The van der Waals surface area contributed by atoms with E-state index in [4.69, 9.17) is 9.47 Å². The van der Waals surface area contributed by atoms with Crippen LogP contribution < -0.4 is 14.2 Å². The molecule has 0 aliphatic heterocycles. The number of sulfonamides is 1. The minimum absolute atomic E-state index is 0.0631. The first-order valence-electron chi connectivity index (χ1n) is 7.27. The number of rotatable bonds is 7. The van der Waals surface area contributed by atoms with Gasteiger partial charge in [0.1, 0.15) is 11.5 Å². The summed E-state index contributed by atoms with van der Waals surface area (Å²) in [5.41, 5.74) is 0.425. The third-order valence-electron chi connectivity index (χ3n) is 3.59. The van der Waals surface area contributed by atoms with Crippen LogP contribution in [-0.2, 0) is 10.0 Å². The Hall–Kier alpha value is -2.65. The second-order valence-corrected chi connectivity index (χ2v) is 6.92. The lowest BCUT2D eigenvalue weighted by Crippen LogP contribution is -2.27. The Morgan fingerprint density at radius 1 is 1.08 bits per heavy atom. The fourth-order valence-electron chi connectivity index (χ4n) is 2.29. The molecule has 0 saturated carbocycles. The van der Waals surface area contributed by atoms with Crippen molar-refractivity contribution < 1.29 is 22.8 Å². The topological polar surface area (TPSA) is 108 Å². The summed E-state index contributed by atoms with van der Waals surface area (Å²) in [6, 6.07) is 9.14. The Labute approximate surface area is 145 Å². The molecule has 0 fully saturated rings. The number of benzene rings is 2. The van der Waals surface area contributed by atoms with Gasteiger partial charge in [0.05, 0.1) is 24.0 Å². The Kier molecular flexibility index (Phi) is 5.60. The van der Waals surface area contributed by atoms with Crippen molar-refractivity contribution in [2.45, 2.75) is 17.9 Å². The number of methoxy groups -OCH3 is 2. The molecule has 0 amide bonds. The normalized spacial score (nSPS) is 12.4. The molecule has 1 N–H and O–H groups in total. The van der Waals surface area contributed by atoms with Crippen molar-refractivity contribution in [3.63, 3.8) is 0 Å². The molecule has 0 heterocycles. The van der Waals surface area contributed by atoms with Crippen molar-refractivity contribution >= 4 is 15.7 Å². The van der Waals surface area contributed by atoms with E-state index in [1.165, 1.54) is 26.4 Å². The van der Waals surface area contributed by atoms with Gasteiger partial charge in [0.25, 0.3) is 5.69 Å². The van der Waals surface area contributed by atoms with Crippen LogP contribution in [0.5, 0.6) is 11.5 Å². The number of nitro groups is 1. The van der Waals surface area contributed by atoms with Gasteiger partial charge < -0.3 is 9.47 Å². The quantitative estimate of drug-likeness (QED) is 0.596. The molecule has 0 aromatic heterocycles. The van der Waals surface area contributed by atoms with E-state index in [9.17, 15) is 18.5 Å². The smallest absolute Gasteiger partial charge is 0.269 e. The first-order chi connectivity index (χ1) is 11.8. The Morgan fingerprint density at radius 2 is 1.72 bits per heavy atom. The van der Waals surface area contributed by atoms with Crippen LogP contribution in [-0.4, -0.2) is 27.6 Å². The summed E-state index contributed by atoms with van der Waals surface area (Å²) < 4.78 is 37.9. The molecule has 25 heavy (non-hydrogen) atoms. The largest absolute Gasteiger partial charge is 0.497 e. The average molecular weight is 366 g/mol. The zero-order chi connectivity index (χ0) is 18.6. The van der Waals surface area contributed by atoms with Crippen molar-refractivity contribution in [3.05, 3.63) is 58.1 Å². The molecule has 0 radical (unpaired) electrons. The molecule has 1 unspecified atom stereocenters. The Bertz CT molecular complexity index is 865. The Morgan fingerprint density at radius 3 is 2.24 bits per heavy atom. The van der Waals surface area contributed by atoms with Crippen LogP contribution in [0.15, 0.2) is 47.4 Å². The summed E-state index contributed by atoms with van der Waals surface area (Å²) in [4.78, 5) is 10.0. The van der Waals surface area contributed by atoms with Crippen LogP contribution in [0.4, 0.5) is 5.69 Å². The molecule has 0 aliphatic carbocycles. The Balaban J connectivity index is 2.29. The molecule has 9 heteroatoms. The zero-order valence-electron chi connectivity index (χ0n) is 13.9. The summed E-state index contributed by atoms with van der Waals surface area (Å²) in [5.74, 6) is 1.08. The van der Waals surface area contributed by atoms with E-state index in [2.05, 4.69) is 4.72 Å². The monoisotopic (exact) mass is 366 g/mol. The highest BCUT2D eigenvalue weighted by atomic mass is 32.2.